The average molecular weight is 325 g/mol. The Morgan fingerprint density at radius 2 is 1.78 bits per heavy atom. The summed E-state index contributed by atoms with van der Waals surface area (Å²) < 4.78 is 1.09. The SMILES string of the molecule is CNC(c1ccc(Br)cc1)c1cc(Cl)ccc1C. The molecule has 94 valence electrons. The van der Waals surface area contributed by atoms with E-state index in [1.54, 1.807) is 0 Å². The van der Waals surface area contributed by atoms with Gasteiger partial charge in [-0.2, -0.15) is 0 Å². The fraction of sp³-hybridized carbons (Fsp3) is 0.200. The van der Waals surface area contributed by atoms with Gasteiger partial charge in [0.25, 0.3) is 0 Å². The monoisotopic (exact) mass is 323 g/mol. The van der Waals surface area contributed by atoms with Gasteiger partial charge in [-0.1, -0.05) is 45.7 Å². The van der Waals surface area contributed by atoms with E-state index in [2.05, 4.69) is 58.5 Å². The van der Waals surface area contributed by atoms with Crippen molar-refractivity contribution in [3.63, 3.8) is 0 Å². The summed E-state index contributed by atoms with van der Waals surface area (Å²) >= 11 is 9.55. The molecular weight excluding hydrogens is 310 g/mol. The van der Waals surface area contributed by atoms with Crippen LogP contribution in [0.5, 0.6) is 0 Å². The van der Waals surface area contributed by atoms with Gasteiger partial charge in [0.05, 0.1) is 6.04 Å². The Bertz CT molecular complexity index is 537. The molecule has 2 aromatic rings. The summed E-state index contributed by atoms with van der Waals surface area (Å²) in [6.45, 7) is 2.11. The topological polar surface area (TPSA) is 12.0 Å². The zero-order valence-corrected chi connectivity index (χ0v) is 12.7. The maximum atomic E-state index is 6.10. The molecule has 0 bridgehead atoms. The maximum absolute atomic E-state index is 6.10. The Morgan fingerprint density at radius 1 is 1.11 bits per heavy atom. The van der Waals surface area contributed by atoms with Crippen LogP contribution in [0.1, 0.15) is 22.7 Å². The normalized spacial score (nSPS) is 12.4. The van der Waals surface area contributed by atoms with Gasteiger partial charge in [0.1, 0.15) is 0 Å². The summed E-state index contributed by atoms with van der Waals surface area (Å²) in [5.74, 6) is 0. The molecule has 0 aromatic heterocycles. The molecule has 0 spiro atoms. The number of nitrogens with one attached hydrogen (secondary N) is 1. The van der Waals surface area contributed by atoms with Gasteiger partial charge in [0, 0.05) is 9.50 Å². The predicted molar refractivity (Wildman–Crippen MR) is 81.2 cm³/mol. The van der Waals surface area contributed by atoms with Crippen LogP contribution >= 0.6 is 27.5 Å². The van der Waals surface area contributed by atoms with Gasteiger partial charge >= 0.3 is 0 Å². The zero-order valence-electron chi connectivity index (χ0n) is 10.4. The van der Waals surface area contributed by atoms with Gasteiger partial charge in [0.15, 0.2) is 0 Å². The molecule has 1 nitrogen and oxygen atoms in total. The lowest BCUT2D eigenvalue weighted by molar-refractivity contribution is 0.687. The van der Waals surface area contributed by atoms with Crippen molar-refractivity contribution < 1.29 is 0 Å². The van der Waals surface area contributed by atoms with Crippen LogP contribution in [-0.2, 0) is 0 Å². The van der Waals surface area contributed by atoms with E-state index in [-0.39, 0.29) is 6.04 Å². The molecule has 0 aliphatic rings. The van der Waals surface area contributed by atoms with Crippen LogP contribution in [-0.4, -0.2) is 7.05 Å². The first-order valence-electron chi connectivity index (χ1n) is 5.80. The van der Waals surface area contributed by atoms with Crippen molar-refractivity contribution >= 4 is 27.5 Å². The van der Waals surface area contributed by atoms with E-state index in [0.717, 1.165) is 9.50 Å². The number of aryl methyl sites for hydroxylation is 1. The Hall–Kier alpha value is -0.830. The number of hydrogen-bond acceptors (Lipinski definition) is 1. The molecule has 2 rings (SSSR count). The van der Waals surface area contributed by atoms with Crippen LogP contribution in [0.2, 0.25) is 5.02 Å². The summed E-state index contributed by atoms with van der Waals surface area (Å²) in [6.07, 6.45) is 0. The quantitative estimate of drug-likeness (QED) is 0.861. The summed E-state index contributed by atoms with van der Waals surface area (Å²) in [7, 11) is 1.97. The van der Waals surface area contributed by atoms with Crippen molar-refractivity contribution in [3.05, 3.63) is 68.7 Å². The van der Waals surface area contributed by atoms with E-state index >= 15 is 0 Å². The van der Waals surface area contributed by atoms with Crippen LogP contribution < -0.4 is 5.32 Å². The highest BCUT2D eigenvalue weighted by Gasteiger charge is 2.14. The fourth-order valence-corrected chi connectivity index (χ4v) is 2.52. The molecule has 2 aromatic carbocycles. The maximum Gasteiger partial charge on any atom is 0.0577 e. The highest BCUT2D eigenvalue weighted by Crippen LogP contribution is 2.27. The van der Waals surface area contributed by atoms with Crippen LogP contribution in [0.25, 0.3) is 0 Å². The molecule has 0 amide bonds. The van der Waals surface area contributed by atoms with Crippen molar-refractivity contribution in [1.29, 1.82) is 0 Å². The molecule has 1 atom stereocenters. The number of rotatable bonds is 3. The molecule has 0 saturated carbocycles. The van der Waals surface area contributed by atoms with Gasteiger partial charge in [-0.3, -0.25) is 0 Å². The standard InChI is InChI=1S/C15H15BrClN/c1-10-3-8-13(17)9-14(10)15(18-2)11-4-6-12(16)7-5-11/h3-9,15,18H,1-2H3. The van der Waals surface area contributed by atoms with Crippen LogP contribution in [0.4, 0.5) is 0 Å². The first kappa shape index (κ1) is 13.6. The van der Waals surface area contributed by atoms with Crippen LogP contribution in [0.15, 0.2) is 46.9 Å². The summed E-state index contributed by atoms with van der Waals surface area (Å²) in [5.41, 5.74) is 3.68. The van der Waals surface area contributed by atoms with Crippen molar-refractivity contribution in [2.45, 2.75) is 13.0 Å². The van der Waals surface area contributed by atoms with E-state index in [1.807, 2.05) is 19.2 Å². The van der Waals surface area contributed by atoms with Crippen molar-refractivity contribution in [2.24, 2.45) is 0 Å². The molecule has 0 heterocycles. The molecule has 0 radical (unpaired) electrons. The van der Waals surface area contributed by atoms with Gasteiger partial charge < -0.3 is 5.32 Å². The van der Waals surface area contributed by atoms with E-state index < -0.39 is 0 Å². The molecule has 0 saturated heterocycles. The van der Waals surface area contributed by atoms with Crippen molar-refractivity contribution in [2.75, 3.05) is 7.05 Å². The smallest absolute Gasteiger partial charge is 0.0577 e. The first-order valence-corrected chi connectivity index (χ1v) is 6.97. The number of hydrogen-bond donors (Lipinski definition) is 1. The highest BCUT2D eigenvalue weighted by molar-refractivity contribution is 9.10. The van der Waals surface area contributed by atoms with Gasteiger partial charge in [-0.15, -0.1) is 0 Å². The molecule has 0 aliphatic heterocycles. The van der Waals surface area contributed by atoms with E-state index in [0.29, 0.717) is 0 Å². The van der Waals surface area contributed by atoms with E-state index in [1.165, 1.54) is 16.7 Å². The number of benzene rings is 2. The highest BCUT2D eigenvalue weighted by atomic mass is 79.9. The minimum absolute atomic E-state index is 0.164. The second-order valence-electron chi connectivity index (χ2n) is 4.27. The third-order valence-electron chi connectivity index (χ3n) is 3.04. The Kier molecular flexibility index (Phi) is 4.44. The Labute approximate surface area is 121 Å². The van der Waals surface area contributed by atoms with Gasteiger partial charge in [-0.05, 0) is 54.9 Å². The van der Waals surface area contributed by atoms with Crippen LogP contribution in [0.3, 0.4) is 0 Å². The predicted octanol–water partition coefficient (Wildman–Crippen LogP) is 4.72. The van der Waals surface area contributed by atoms with Crippen molar-refractivity contribution in [3.8, 4) is 0 Å². The number of halogens is 2. The molecule has 0 fully saturated rings. The third-order valence-corrected chi connectivity index (χ3v) is 3.81. The summed E-state index contributed by atoms with van der Waals surface area (Å²) in [4.78, 5) is 0. The molecule has 0 aliphatic carbocycles. The van der Waals surface area contributed by atoms with E-state index in [4.69, 9.17) is 11.6 Å². The van der Waals surface area contributed by atoms with Crippen LogP contribution in [0, 0.1) is 6.92 Å². The minimum Gasteiger partial charge on any atom is -0.309 e. The Morgan fingerprint density at radius 3 is 2.39 bits per heavy atom. The zero-order chi connectivity index (χ0) is 13.1. The molecular formula is C15H15BrClN. The molecule has 1 N–H and O–H groups in total. The molecule has 18 heavy (non-hydrogen) atoms. The fourth-order valence-electron chi connectivity index (χ4n) is 2.08. The average Bonchev–Trinajstić information content (AvgIpc) is 2.37. The summed E-state index contributed by atoms with van der Waals surface area (Å²) in [6, 6.07) is 14.5. The molecule has 1 unspecified atom stereocenters. The van der Waals surface area contributed by atoms with Gasteiger partial charge in [0.2, 0.25) is 0 Å². The largest absolute Gasteiger partial charge is 0.309 e. The lowest BCUT2D eigenvalue weighted by atomic mass is 9.95. The minimum atomic E-state index is 0.164. The second-order valence-corrected chi connectivity index (χ2v) is 5.63. The second kappa shape index (κ2) is 5.87. The lowest BCUT2D eigenvalue weighted by Crippen LogP contribution is -2.18. The summed E-state index contributed by atoms with van der Waals surface area (Å²) in [5, 5.41) is 4.12. The van der Waals surface area contributed by atoms with Crippen molar-refractivity contribution in [1.82, 2.24) is 5.32 Å². The van der Waals surface area contributed by atoms with Gasteiger partial charge in [-0.25, -0.2) is 0 Å². The lowest BCUT2D eigenvalue weighted by Gasteiger charge is -2.19. The molecule has 3 heteroatoms. The third kappa shape index (κ3) is 2.94. The first-order chi connectivity index (χ1) is 8.61. The Balaban J connectivity index is 2.44. The van der Waals surface area contributed by atoms with E-state index in [9.17, 15) is 0 Å².